The van der Waals surface area contributed by atoms with Crippen LogP contribution in [0.2, 0.25) is 0 Å². The molecule has 0 radical (unpaired) electrons. The minimum atomic E-state index is -0.0815. The second-order valence-corrected chi connectivity index (χ2v) is 5.65. The van der Waals surface area contributed by atoms with Crippen LogP contribution in [0.15, 0.2) is 0 Å². The van der Waals surface area contributed by atoms with Crippen molar-refractivity contribution in [2.75, 3.05) is 0 Å². The Morgan fingerprint density at radius 1 is 1.24 bits per heavy atom. The van der Waals surface area contributed by atoms with E-state index in [-0.39, 0.29) is 23.4 Å². The third-order valence-electron chi connectivity index (χ3n) is 4.47. The maximum Gasteiger partial charge on any atom is 0.217 e. The quantitative estimate of drug-likeness (QED) is 0.776. The Morgan fingerprint density at radius 2 is 1.94 bits per heavy atom. The summed E-state index contributed by atoms with van der Waals surface area (Å²) in [6, 6.07) is 0.248. The summed E-state index contributed by atoms with van der Waals surface area (Å²) >= 11 is 0. The molecule has 2 fully saturated rings. The summed E-state index contributed by atoms with van der Waals surface area (Å²) in [5, 5.41) is 6.19. The number of carbonyl (C=O) groups excluding carboxylic acids is 2. The molecular weight excluding hydrogens is 216 g/mol. The van der Waals surface area contributed by atoms with Gasteiger partial charge in [-0.2, -0.15) is 0 Å². The third-order valence-corrected chi connectivity index (χ3v) is 4.47. The molecular formula is C13H22N2O2. The van der Waals surface area contributed by atoms with Crippen LogP contribution in [0, 0.1) is 11.8 Å². The smallest absolute Gasteiger partial charge is 0.217 e. The van der Waals surface area contributed by atoms with Gasteiger partial charge < -0.3 is 10.6 Å². The van der Waals surface area contributed by atoms with Crippen molar-refractivity contribution in [3.63, 3.8) is 0 Å². The van der Waals surface area contributed by atoms with Crippen LogP contribution in [0.5, 0.6) is 0 Å². The first-order valence-corrected chi connectivity index (χ1v) is 6.52. The third kappa shape index (κ3) is 2.17. The van der Waals surface area contributed by atoms with Crippen LogP contribution in [0.1, 0.15) is 46.5 Å². The number of amides is 2. The summed E-state index contributed by atoms with van der Waals surface area (Å²) < 4.78 is 0. The van der Waals surface area contributed by atoms with E-state index in [1.54, 1.807) is 13.8 Å². The first-order valence-electron chi connectivity index (χ1n) is 6.52. The summed E-state index contributed by atoms with van der Waals surface area (Å²) in [5.74, 6) is 1.14. The van der Waals surface area contributed by atoms with E-state index in [2.05, 4.69) is 17.6 Å². The summed E-state index contributed by atoms with van der Waals surface area (Å²) in [6.45, 7) is 5.27. The highest BCUT2D eigenvalue weighted by Crippen LogP contribution is 2.52. The Kier molecular flexibility index (Phi) is 3.15. The fourth-order valence-electron chi connectivity index (χ4n) is 4.00. The predicted octanol–water partition coefficient (Wildman–Crippen LogP) is 1.21. The lowest BCUT2D eigenvalue weighted by molar-refractivity contribution is -0.122. The normalized spacial score (nSPS) is 39.1. The van der Waals surface area contributed by atoms with Crippen molar-refractivity contribution in [3.05, 3.63) is 0 Å². The van der Waals surface area contributed by atoms with E-state index in [1.165, 1.54) is 0 Å². The number of rotatable bonds is 3. The molecule has 2 saturated carbocycles. The standard InChI is InChI=1S/C13H22N2O2/c1-4-13(15-9(3)17)7-10-5-11(13)12(6-10)14-8(2)16/h10-12H,4-7H2,1-3H3,(H,14,16)(H,15,17)/t10-,11-,12+,13-/m1/s1. The molecule has 4 heteroatoms. The van der Waals surface area contributed by atoms with E-state index in [1.807, 2.05) is 0 Å². The van der Waals surface area contributed by atoms with Crippen LogP contribution in [-0.2, 0) is 9.59 Å². The average molecular weight is 238 g/mol. The highest BCUT2D eigenvalue weighted by Gasteiger charge is 2.55. The molecule has 4 atom stereocenters. The molecule has 17 heavy (non-hydrogen) atoms. The molecule has 0 spiro atoms. The number of nitrogens with one attached hydrogen (secondary N) is 2. The van der Waals surface area contributed by atoms with Gasteiger partial charge >= 0.3 is 0 Å². The molecule has 0 unspecified atom stereocenters. The fraction of sp³-hybridized carbons (Fsp3) is 0.846. The molecule has 2 N–H and O–H groups in total. The van der Waals surface area contributed by atoms with Gasteiger partial charge in [0.05, 0.1) is 0 Å². The van der Waals surface area contributed by atoms with Crippen molar-refractivity contribution < 1.29 is 9.59 Å². The van der Waals surface area contributed by atoms with Gasteiger partial charge in [0.15, 0.2) is 0 Å². The van der Waals surface area contributed by atoms with Crippen molar-refractivity contribution >= 4 is 11.8 Å². The highest BCUT2D eigenvalue weighted by molar-refractivity contribution is 5.74. The van der Waals surface area contributed by atoms with E-state index in [0.717, 1.165) is 25.7 Å². The Balaban J connectivity index is 2.14. The summed E-state index contributed by atoms with van der Waals surface area (Å²) in [6.07, 6.45) is 4.23. The Morgan fingerprint density at radius 3 is 2.41 bits per heavy atom. The molecule has 96 valence electrons. The van der Waals surface area contributed by atoms with Crippen LogP contribution < -0.4 is 10.6 Å². The SMILES string of the molecule is CC[C@@]1(NC(C)=O)C[C@H]2C[C@H](NC(C)=O)[C@H]1C2. The van der Waals surface area contributed by atoms with Gasteiger partial charge in [-0.1, -0.05) is 6.92 Å². The maximum absolute atomic E-state index is 11.4. The van der Waals surface area contributed by atoms with Crippen LogP contribution >= 0.6 is 0 Å². The van der Waals surface area contributed by atoms with E-state index < -0.39 is 0 Å². The molecule has 4 nitrogen and oxygen atoms in total. The molecule has 0 aromatic carbocycles. The molecule has 2 amide bonds. The topological polar surface area (TPSA) is 58.2 Å². The summed E-state index contributed by atoms with van der Waals surface area (Å²) in [7, 11) is 0. The van der Waals surface area contributed by atoms with Gasteiger partial charge in [-0.15, -0.1) is 0 Å². The zero-order chi connectivity index (χ0) is 12.6. The van der Waals surface area contributed by atoms with E-state index >= 15 is 0 Å². The monoisotopic (exact) mass is 238 g/mol. The molecule has 0 saturated heterocycles. The molecule has 0 heterocycles. The predicted molar refractivity (Wildman–Crippen MR) is 65.3 cm³/mol. The minimum absolute atomic E-state index is 0.0374. The van der Waals surface area contributed by atoms with Gasteiger partial charge in [-0.3, -0.25) is 9.59 Å². The number of hydrogen-bond donors (Lipinski definition) is 2. The van der Waals surface area contributed by atoms with Crippen LogP contribution in [-0.4, -0.2) is 23.4 Å². The molecule has 2 aliphatic carbocycles. The van der Waals surface area contributed by atoms with E-state index in [0.29, 0.717) is 11.8 Å². The van der Waals surface area contributed by atoms with Gasteiger partial charge in [0.1, 0.15) is 0 Å². The van der Waals surface area contributed by atoms with Crippen molar-refractivity contribution in [3.8, 4) is 0 Å². The Bertz CT molecular complexity index is 342. The first-order chi connectivity index (χ1) is 7.97. The Hall–Kier alpha value is -1.06. The van der Waals surface area contributed by atoms with Gasteiger partial charge in [-0.05, 0) is 31.6 Å². The van der Waals surface area contributed by atoms with Crippen LogP contribution in [0.4, 0.5) is 0 Å². The first kappa shape index (κ1) is 12.4. The summed E-state index contributed by atoms with van der Waals surface area (Å²) in [4.78, 5) is 22.6. The molecule has 0 aromatic heterocycles. The minimum Gasteiger partial charge on any atom is -0.353 e. The van der Waals surface area contributed by atoms with Crippen molar-refractivity contribution in [2.24, 2.45) is 11.8 Å². The van der Waals surface area contributed by atoms with Gasteiger partial charge in [0.25, 0.3) is 0 Å². The lowest BCUT2D eigenvalue weighted by Gasteiger charge is -2.41. The van der Waals surface area contributed by atoms with Crippen molar-refractivity contribution in [1.82, 2.24) is 10.6 Å². The van der Waals surface area contributed by atoms with Crippen molar-refractivity contribution in [2.45, 2.75) is 58.0 Å². The van der Waals surface area contributed by atoms with Gasteiger partial charge in [0.2, 0.25) is 11.8 Å². The van der Waals surface area contributed by atoms with Crippen LogP contribution in [0.3, 0.4) is 0 Å². The second kappa shape index (κ2) is 4.31. The molecule has 0 aliphatic heterocycles. The molecule has 2 rings (SSSR count). The maximum atomic E-state index is 11.4. The molecule has 0 aromatic rings. The van der Waals surface area contributed by atoms with Gasteiger partial charge in [-0.25, -0.2) is 0 Å². The number of fused-ring (bicyclic) bond motifs is 2. The van der Waals surface area contributed by atoms with E-state index in [4.69, 9.17) is 0 Å². The largest absolute Gasteiger partial charge is 0.353 e. The average Bonchev–Trinajstić information content (AvgIpc) is 2.73. The number of hydrogen-bond acceptors (Lipinski definition) is 2. The van der Waals surface area contributed by atoms with Crippen molar-refractivity contribution in [1.29, 1.82) is 0 Å². The van der Waals surface area contributed by atoms with Crippen LogP contribution in [0.25, 0.3) is 0 Å². The highest BCUT2D eigenvalue weighted by atomic mass is 16.2. The Labute approximate surface area is 103 Å². The molecule has 2 bridgehead atoms. The molecule has 2 aliphatic rings. The lowest BCUT2D eigenvalue weighted by atomic mass is 9.76. The fourth-order valence-corrected chi connectivity index (χ4v) is 4.00. The lowest BCUT2D eigenvalue weighted by Crippen LogP contribution is -2.57. The summed E-state index contributed by atoms with van der Waals surface area (Å²) in [5.41, 5.74) is -0.0815. The zero-order valence-electron chi connectivity index (χ0n) is 10.9. The van der Waals surface area contributed by atoms with Gasteiger partial charge in [0, 0.05) is 31.3 Å². The second-order valence-electron chi connectivity index (χ2n) is 5.65. The van der Waals surface area contributed by atoms with E-state index in [9.17, 15) is 9.59 Å². The zero-order valence-corrected chi connectivity index (χ0v) is 10.9. The number of carbonyl (C=O) groups is 2.